The summed E-state index contributed by atoms with van der Waals surface area (Å²) in [6.07, 6.45) is -7.53. The van der Waals surface area contributed by atoms with Crippen molar-refractivity contribution in [3.8, 4) is 5.75 Å². The van der Waals surface area contributed by atoms with E-state index in [2.05, 4.69) is 0 Å². The van der Waals surface area contributed by atoms with Gasteiger partial charge in [-0.3, -0.25) is 0 Å². The Morgan fingerprint density at radius 3 is 2.39 bits per heavy atom. The Morgan fingerprint density at radius 2 is 1.79 bits per heavy atom. The summed E-state index contributed by atoms with van der Waals surface area (Å²) in [6, 6.07) is 4.57. The molecule has 1 aliphatic heterocycles. The van der Waals surface area contributed by atoms with Crippen LogP contribution in [0.5, 0.6) is 5.75 Å². The highest BCUT2D eigenvalue weighted by Crippen LogP contribution is 2.38. The van der Waals surface area contributed by atoms with E-state index in [4.69, 9.17) is 21.1 Å². The number of allylic oxidation sites excluding steroid dienone is 1. The van der Waals surface area contributed by atoms with Crippen molar-refractivity contribution >= 4 is 11.6 Å². The zero-order valence-corrected chi connectivity index (χ0v) is 15.7. The fourth-order valence-electron chi connectivity index (χ4n) is 3.57. The van der Waals surface area contributed by atoms with E-state index in [1.165, 1.54) is 12.1 Å². The molecular formula is C19H22ClF3O5. The number of halogens is 4. The van der Waals surface area contributed by atoms with Crippen LogP contribution in [0.4, 0.5) is 13.2 Å². The van der Waals surface area contributed by atoms with Crippen LogP contribution in [-0.2, 0) is 4.74 Å². The summed E-state index contributed by atoms with van der Waals surface area (Å²) >= 11 is 6.17. The van der Waals surface area contributed by atoms with Gasteiger partial charge in [0.05, 0.1) is 11.1 Å². The Hall–Kier alpha value is -1.32. The highest BCUT2D eigenvalue weighted by atomic mass is 35.5. The normalized spacial score (nSPS) is 33.6. The highest BCUT2D eigenvalue weighted by Gasteiger charge is 2.44. The van der Waals surface area contributed by atoms with Crippen LogP contribution in [-0.4, -0.2) is 52.5 Å². The molecule has 0 bridgehead atoms. The van der Waals surface area contributed by atoms with E-state index in [-0.39, 0.29) is 35.3 Å². The number of alkyl halides is 1. The average Bonchev–Trinajstić information content (AvgIpc) is 2.69. The van der Waals surface area contributed by atoms with Gasteiger partial charge >= 0.3 is 0 Å². The molecule has 9 heteroatoms. The predicted molar refractivity (Wildman–Crippen MR) is 95.2 cm³/mol. The van der Waals surface area contributed by atoms with E-state index in [1.54, 1.807) is 6.07 Å². The Kier molecular flexibility index (Phi) is 6.88. The third-order valence-electron chi connectivity index (χ3n) is 5.25. The van der Waals surface area contributed by atoms with Crippen molar-refractivity contribution in [3.05, 3.63) is 40.4 Å². The Balaban J connectivity index is 1.75. The topological polar surface area (TPSA) is 79.2 Å². The molecule has 3 rings (SSSR count). The molecule has 0 amide bonds. The standard InChI is InChI=1S/C19H22ClF3O5/c20-12-6-3-10(18-17(26)16(25)15(24)14(8-21)28-18)7-13(12)27-11-4-1-9(2-5-11)19(22)23/h3,6-7,11,14-18,24-26H,1-2,4-5,8H2/t14-,15-,16+,17-,18+/m1/s1. The first-order valence-corrected chi connectivity index (χ1v) is 9.44. The molecule has 1 saturated heterocycles. The molecule has 0 spiro atoms. The van der Waals surface area contributed by atoms with Gasteiger partial charge in [-0.25, -0.2) is 4.39 Å². The lowest BCUT2D eigenvalue weighted by Gasteiger charge is -2.40. The van der Waals surface area contributed by atoms with E-state index in [9.17, 15) is 28.5 Å². The summed E-state index contributed by atoms with van der Waals surface area (Å²) in [7, 11) is 0. The molecule has 1 heterocycles. The van der Waals surface area contributed by atoms with Crippen molar-refractivity contribution in [2.45, 2.75) is 62.3 Å². The Morgan fingerprint density at radius 1 is 1.11 bits per heavy atom. The monoisotopic (exact) mass is 422 g/mol. The molecule has 1 saturated carbocycles. The van der Waals surface area contributed by atoms with E-state index >= 15 is 0 Å². The number of hydrogen-bond donors (Lipinski definition) is 3. The molecular weight excluding hydrogens is 401 g/mol. The minimum Gasteiger partial charge on any atom is -0.489 e. The van der Waals surface area contributed by atoms with Gasteiger partial charge in [-0.1, -0.05) is 17.7 Å². The summed E-state index contributed by atoms with van der Waals surface area (Å²) in [5.74, 6) is 0.283. The van der Waals surface area contributed by atoms with Crippen LogP contribution >= 0.6 is 11.6 Å². The molecule has 1 aliphatic carbocycles. The van der Waals surface area contributed by atoms with Crippen molar-refractivity contribution in [2.24, 2.45) is 0 Å². The van der Waals surface area contributed by atoms with Crippen LogP contribution in [0.3, 0.4) is 0 Å². The van der Waals surface area contributed by atoms with Gasteiger partial charge in [0.25, 0.3) is 6.08 Å². The van der Waals surface area contributed by atoms with Gasteiger partial charge in [-0.2, -0.15) is 8.78 Å². The van der Waals surface area contributed by atoms with Crippen molar-refractivity contribution in [2.75, 3.05) is 6.67 Å². The van der Waals surface area contributed by atoms with Gasteiger partial charge in [0.15, 0.2) is 0 Å². The number of aliphatic hydroxyl groups excluding tert-OH is 3. The average molecular weight is 423 g/mol. The van der Waals surface area contributed by atoms with Gasteiger partial charge in [0, 0.05) is 0 Å². The Bertz CT molecular complexity index is 716. The fourth-order valence-corrected chi connectivity index (χ4v) is 3.73. The molecule has 2 fully saturated rings. The van der Waals surface area contributed by atoms with Gasteiger partial charge in [-0.15, -0.1) is 0 Å². The van der Waals surface area contributed by atoms with Crippen LogP contribution < -0.4 is 4.74 Å². The zero-order chi connectivity index (χ0) is 20.4. The van der Waals surface area contributed by atoms with Gasteiger partial charge < -0.3 is 24.8 Å². The number of benzene rings is 1. The molecule has 1 aromatic rings. The van der Waals surface area contributed by atoms with Crippen molar-refractivity contribution in [1.82, 2.24) is 0 Å². The van der Waals surface area contributed by atoms with Crippen LogP contribution in [0.2, 0.25) is 5.02 Å². The number of hydrogen-bond acceptors (Lipinski definition) is 5. The quantitative estimate of drug-likeness (QED) is 0.694. The van der Waals surface area contributed by atoms with E-state index in [0.29, 0.717) is 18.4 Å². The maximum atomic E-state index is 13.1. The van der Waals surface area contributed by atoms with Crippen molar-refractivity contribution in [1.29, 1.82) is 0 Å². The van der Waals surface area contributed by atoms with Gasteiger partial charge in [0.1, 0.15) is 42.9 Å². The van der Waals surface area contributed by atoms with E-state index < -0.39 is 43.3 Å². The second-order valence-corrected chi connectivity index (χ2v) is 7.50. The lowest BCUT2D eigenvalue weighted by atomic mass is 9.91. The first kappa shape index (κ1) is 21.4. The lowest BCUT2D eigenvalue weighted by Crippen LogP contribution is -2.54. The van der Waals surface area contributed by atoms with E-state index in [0.717, 1.165) is 0 Å². The molecule has 5 nitrogen and oxygen atoms in total. The molecule has 1 aromatic carbocycles. The smallest absolute Gasteiger partial charge is 0.269 e. The summed E-state index contributed by atoms with van der Waals surface area (Å²) in [5.41, 5.74) is 0.533. The van der Waals surface area contributed by atoms with E-state index in [1.807, 2.05) is 0 Å². The molecule has 3 N–H and O–H groups in total. The largest absolute Gasteiger partial charge is 0.489 e. The third-order valence-corrected chi connectivity index (χ3v) is 5.56. The zero-order valence-electron chi connectivity index (χ0n) is 14.9. The van der Waals surface area contributed by atoms with Gasteiger partial charge in [-0.05, 0) is 49.0 Å². The number of aliphatic hydroxyl groups is 3. The third kappa shape index (κ3) is 4.46. The first-order chi connectivity index (χ1) is 13.3. The first-order valence-electron chi connectivity index (χ1n) is 9.06. The Labute approximate surface area is 165 Å². The minimum atomic E-state index is -1.63. The molecule has 5 atom stereocenters. The summed E-state index contributed by atoms with van der Waals surface area (Å²) in [5, 5.41) is 30.3. The second kappa shape index (κ2) is 9.00. The van der Waals surface area contributed by atoms with Crippen molar-refractivity contribution in [3.63, 3.8) is 0 Å². The molecule has 0 radical (unpaired) electrons. The summed E-state index contributed by atoms with van der Waals surface area (Å²) < 4.78 is 49.7. The summed E-state index contributed by atoms with van der Waals surface area (Å²) in [4.78, 5) is 0. The SMILES string of the molecule is O[C@@H]1[C@@H](O)[C@H](c2ccc(Cl)c(OC3CCC(=C(F)F)CC3)c2)O[C@H](CF)[C@H]1O. The summed E-state index contributed by atoms with van der Waals surface area (Å²) in [6.45, 7) is -1.03. The molecule has 0 unspecified atom stereocenters. The van der Waals surface area contributed by atoms with Crippen LogP contribution in [0.25, 0.3) is 0 Å². The molecule has 2 aliphatic rings. The van der Waals surface area contributed by atoms with Gasteiger partial charge in [0.2, 0.25) is 0 Å². The molecule has 28 heavy (non-hydrogen) atoms. The molecule has 156 valence electrons. The van der Waals surface area contributed by atoms with Crippen molar-refractivity contribution < 1.29 is 38.0 Å². The fraction of sp³-hybridized carbons (Fsp3) is 0.579. The maximum Gasteiger partial charge on any atom is 0.269 e. The lowest BCUT2D eigenvalue weighted by molar-refractivity contribution is -0.227. The minimum absolute atomic E-state index is 0.142. The maximum absolute atomic E-state index is 13.1. The molecule has 0 aromatic heterocycles. The van der Waals surface area contributed by atoms with Crippen LogP contribution in [0.15, 0.2) is 29.9 Å². The van der Waals surface area contributed by atoms with Crippen LogP contribution in [0.1, 0.15) is 37.4 Å². The highest BCUT2D eigenvalue weighted by molar-refractivity contribution is 6.32. The predicted octanol–water partition coefficient (Wildman–Crippen LogP) is 3.30. The van der Waals surface area contributed by atoms with Crippen LogP contribution in [0, 0.1) is 0 Å². The number of rotatable bonds is 4. The number of ether oxygens (including phenoxy) is 2. The second-order valence-electron chi connectivity index (χ2n) is 7.09.